The van der Waals surface area contributed by atoms with Gasteiger partial charge in [-0.1, -0.05) is 0 Å². The summed E-state index contributed by atoms with van der Waals surface area (Å²) in [5.41, 5.74) is 0.468. The highest BCUT2D eigenvalue weighted by Crippen LogP contribution is 2.34. The maximum Gasteiger partial charge on any atom is 0.449 e. The Morgan fingerprint density at radius 3 is 2.50 bits per heavy atom. The molecule has 1 aliphatic carbocycles. The number of hydrogen-bond donors (Lipinski definition) is 1. The number of carbonyl (C=O) groups is 2. The summed E-state index contributed by atoms with van der Waals surface area (Å²) in [6.07, 6.45) is -3.17. The number of imidazole rings is 1. The summed E-state index contributed by atoms with van der Waals surface area (Å²) < 4.78 is 40.9. The third kappa shape index (κ3) is 3.38. The molecule has 0 atom stereocenters. The second-order valence-corrected chi connectivity index (χ2v) is 6.66. The molecule has 0 bridgehead atoms. The average Bonchev–Trinajstić information content (AvgIpc) is 3.28. The van der Waals surface area contributed by atoms with Crippen LogP contribution < -0.4 is 0 Å². The van der Waals surface area contributed by atoms with Crippen LogP contribution in [0.5, 0.6) is 0 Å². The zero-order valence-corrected chi connectivity index (χ0v) is 14.2. The summed E-state index contributed by atoms with van der Waals surface area (Å²) in [4.78, 5) is 28.5. The van der Waals surface area contributed by atoms with Crippen LogP contribution in [0.2, 0.25) is 0 Å². The molecule has 2 aromatic rings. The first-order valence-electron chi connectivity index (χ1n) is 8.21. The van der Waals surface area contributed by atoms with Gasteiger partial charge in [0.05, 0.1) is 11.0 Å². The first-order valence-corrected chi connectivity index (χ1v) is 8.21. The quantitative estimate of drug-likeness (QED) is 0.877. The van der Waals surface area contributed by atoms with Crippen molar-refractivity contribution in [2.75, 3.05) is 6.54 Å². The first kappa shape index (κ1) is 18.2. The molecule has 1 aromatic heterocycles. The molecule has 3 rings (SSSR count). The van der Waals surface area contributed by atoms with E-state index in [4.69, 9.17) is 5.11 Å². The fourth-order valence-corrected chi connectivity index (χ4v) is 3.02. The highest BCUT2D eigenvalue weighted by molar-refractivity contribution is 5.99. The summed E-state index contributed by atoms with van der Waals surface area (Å²) in [5, 5.41) is 8.98. The van der Waals surface area contributed by atoms with Crippen LogP contribution in [0.4, 0.5) is 13.2 Å². The third-order valence-corrected chi connectivity index (χ3v) is 4.26. The molecule has 0 saturated heterocycles. The smallest absolute Gasteiger partial charge is 0.449 e. The van der Waals surface area contributed by atoms with Gasteiger partial charge in [-0.3, -0.25) is 9.59 Å². The van der Waals surface area contributed by atoms with Crippen LogP contribution in [0.3, 0.4) is 0 Å². The van der Waals surface area contributed by atoms with Crippen molar-refractivity contribution in [1.29, 1.82) is 0 Å². The summed E-state index contributed by atoms with van der Waals surface area (Å²) >= 11 is 0. The zero-order chi connectivity index (χ0) is 19.2. The molecule has 1 amide bonds. The van der Waals surface area contributed by atoms with Gasteiger partial charge in [0.25, 0.3) is 5.91 Å². The van der Waals surface area contributed by atoms with Crippen LogP contribution in [-0.2, 0) is 11.0 Å². The predicted molar refractivity (Wildman–Crippen MR) is 86.8 cm³/mol. The molecule has 0 spiro atoms. The largest absolute Gasteiger partial charge is 0.480 e. The highest BCUT2D eigenvalue weighted by atomic mass is 19.4. The molecule has 0 radical (unpaired) electrons. The highest BCUT2D eigenvalue weighted by Gasteiger charge is 2.39. The standard InChI is InChI=1S/C17H18F3N3O3/c1-9(2)23-13-6-3-10(7-12(13)21-16(23)17(18,19)20)15(26)22(8-14(24)25)11-4-5-11/h3,6-7,9,11H,4-5,8H2,1-2H3,(H,24,25). The lowest BCUT2D eigenvalue weighted by atomic mass is 10.1. The second-order valence-electron chi connectivity index (χ2n) is 6.66. The van der Waals surface area contributed by atoms with Gasteiger partial charge in [-0.15, -0.1) is 0 Å². The average molecular weight is 369 g/mol. The van der Waals surface area contributed by atoms with Gasteiger partial charge >= 0.3 is 12.1 Å². The van der Waals surface area contributed by atoms with E-state index in [0.29, 0.717) is 0 Å². The minimum Gasteiger partial charge on any atom is -0.480 e. The van der Waals surface area contributed by atoms with Crippen LogP contribution in [0.15, 0.2) is 18.2 Å². The molecule has 1 aliphatic rings. The molecule has 1 N–H and O–H groups in total. The molecule has 9 heteroatoms. The van der Waals surface area contributed by atoms with Gasteiger partial charge in [-0.05, 0) is 44.9 Å². The molecule has 1 fully saturated rings. The first-order chi connectivity index (χ1) is 12.1. The lowest BCUT2D eigenvalue weighted by Gasteiger charge is -2.20. The summed E-state index contributed by atoms with van der Waals surface area (Å²) in [7, 11) is 0. The molecule has 1 aromatic carbocycles. The Morgan fingerprint density at radius 1 is 1.35 bits per heavy atom. The number of nitrogens with zero attached hydrogens (tertiary/aromatic N) is 3. The van der Waals surface area contributed by atoms with Crippen LogP contribution in [0, 0.1) is 0 Å². The number of benzene rings is 1. The van der Waals surface area contributed by atoms with Crippen molar-refractivity contribution >= 4 is 22.9 Å². The van der Waals surface area contributed by atoms with Gasteiger partial charge in [0.1, 0.15) is 6.54 Å². The summed E-state index contributed by atoms with van der Waals surface area (Å²) in [5.74, 6) is -2.66. The lowest BCUT2D eigenvalue weighted by molar-refractivity contribution is -0.147. The Bertz CT molecular complexity index is 869. The Hall–Kier alpha value is -2.58. The molecule has 26 heavy (non-hydrogen) atoms. The van der Waals surface area contributed by atoms with Crippen molar-refractivity contribution in [2.24, 2.45) is 0 Å². The van der Waals surface area contributed by atoms with E-state index in [0.717, 1.165) is 17.4 Å². The SMILES string of the molecule is CC(C)n1c(C(F)(F)F)nc2cc(C(=O)N(CC(=O)O)C3CC3)ccc21. The number of aliphatic carboxylic acids is 1. The van der Waals surface area contributed by atoms with Crippen molar-refractivity contribution in [2.45, 2.75) is 44.9 Å². The molecular weight excluding hydrogens is 351 g/mol. The molecule has 0 unspecified atom stereocenters. The van der Waals surface area contributed by atoms with Gasteiger partial charge in [0.2, 0.25) is 5.82 Å². The number of hydrogen-bond acceptors (Lipinski definition) is 3. The normalized spacial score (nSPS) is 14.8. The number of fused-ring (bicyclic) bond motifs is 1. The van der Waals surface area contributed by atoms with Gasteiger partial charge in [0.15, 0.2) is 0 Å². The van der Waals surface area contributed by atoms with E-state index in [1.165, 1.54) is 23.1 Å². The minimum atomic E-state index is -4.61. The Kier molecular flexibility index (Phi) is 4.41. The summed E-state index contributed by atoms with van der Waals surface area (Å²) in [6.45, 7) is 2.81. The zero-order valence-electron chi connectivity index (χ0n) is 14.2. The maximum atomic E-state index is 13.3. The van der Waals surface area contributed by atoms with Crippen molar-refractivity contribution in [3.63, 3.8) is 0 Å². The van der Waals surface area contributed by atoms with E-state index in [9.17, 15) is 22.8 Å². The Balaban J connectivity index is 2.04. The van der Waals surface area contributed by atoms with Crippen molar-refractivity contribution in [1.82, 2.24) is 14.5 Å². The fourth-order valence-electron chi connectivity index (χ4n) is 3.02. The van der Waals surface area contributed by atoms with Crippen LogP contribution in [-0.4, -0.2) is 44.0 Å². The van der Waals surface area contributed by atoms with Crippen molar-refractivity contribution in [3.05, 3.63) is 29.6 Å². The number of carboxylic acids is 1. The predicted octanol–water partition coefficient (Wildman–Crippen LogP) is 3.33. The monoisotopic (exact) mass is 369 g/mol. The number of amides is 1. The van der Waals surface area contributed by atoms with E-state index in [1.807, 2.05) is 0 Å². The van der Waals surface area contributed by atoms with Gasteiger partial charge in [-0.2, -0.15) is 13.2 Å². The van der Waals surface area contributed by atoms with Gasteiger partial charge < -0.3 is 14.6 Å². The lowest BCUT2D eigenvalue weighted by Crippen LogP contribution is -2.37. The maximum absolute atomic E-state index is 13.3. The van der Waals surface area contributed by atoms with Crippen LogP contribution in [0.25, 0.3) is 11.0 Å². The molecule has 140 valence electrons. The van der Waals surface area contributed by atoms with Crippen LogP contribution >= 0.6 is 0 Å². The number of alkyl halides is 3. The number of aromatic nitrogens is 2. The van der Waals surface area contributed by atoms with E-state index < -0.39 is 36.5 Å². The number of carboxylic acid groups (broad SMARTS) is 1. The number of halogens is 3. The Labute approximate surface area is 147 Å². The molecule has 6 nitrogen and oxygen atoms in total. The number of carbonyl (C=O) groups excluding carboxylic acids is 1. The van der Waals surface area contributed by atoms with E-state index >= 15 is 0 Å². The van der Waals surface area contributed by atoms with E-state index in [1.54, 1.807) is 13.8 Å². The topological polar surface area (TPSA) is 75.4 Å². The molecule has 0 aliphatic heterocycles. The molecule has 1 heterocycles. The Morgan fingerprint density at radius 2 is 2.00 bits per heavy atom. The minimum absolute atomic E-state index is 0.0583. The summed E-state index contributed by atoms with van der Waals surface area (Å²) in [6, 6.07) is 3.55. The van der Waals surface area contributed by atoms with E-state index in [-0.39, 0.29) is 22.6 Å². The number of rotatable bonds is 5. The van der Waals surface area contributed by atoms with Crippen molar-refractivity contribution in [3.8, 4) is 0 Å². The fraction of sp³-hybridized carbons (Fsp3) is 0.471. The van der Waals surface area contributed by atoms with E-state index in [2.05, 4.69) is 4.98 Å². The molecular formula is C17H18F3N3O3. The second kappa shape index (κ2) is 6.30. The van der Waals surface area contributed by atoms with Crippen molar-refractivity contribution < 1.29 is 27.9 Å². The third-order valence-electron chi connectivity index (χ3n) is 4.26. The van der Waals surface area contributed by atoms with Crippen LogP contribution in [0.1, 0.15) is 48.9 Å². The van der Waals surface area contributed by atoms with Gasteiger partial charge in [-0.25, -0.2) is 4.98 Å². The molecule has 1 saturated carbocycles. The van der Waals surface area contributed by atoms with Gasteiger partial charge in [0, 0.05) is 17.6 Å².